The number of para-hydroxylation sites is 1. The molecule has 1 aliphatic heterocycles. The van der Waals surface area contributed by atoms with Gasteiger partial charge in [0.15, 0.2) is 0 Å². The highest BCUT2D eigenvalue weighted by Gasteiger charge is 2.37. The van der Waals surface area contributed by atoms with Crippen molar-refractivity contribution in [2.75, 3.05) is 6.54 Å². The number of hydrogen-bond donors (Lipinski definition) is 1. The Morgan fingerprint density at radius 3 is 2.69 bits per heavy atom. The molecule has 1 amide bonds. The molecule has 0 spiro atoms. The summed E-state index contributed by atoms with van der Waals surface area (Å²) in [5, 5.41) is 1.98. The summed E-state index contributed by atoms with van der Waals surface area (Å²) in [6, 6.07) is 16.4. The Labute approximate surface area is 159 Å². The molecular weight excluding hydrogens is 344 g/mol. The van der Waals surface area contributed by atoms with Crippen molar-refractivity contribution in [3.05, 3.63) is 70.4 Å². The molecule has 0 bridgehead atoms. The van der Waals surface area contributed by atoms with Gasteiger partial charge >= 0.3 is 0 Å². The maximum Gasteiger partial charge on any atom is 0.223 e. The van der Waals surface area contributed by atoms with Crippen molar-refractivity contribution < 1.29 is 4.79 Å². The zero-order valence-corrected chi connectivity index (χ0v) is 15.9. The van der Waals surface area contributed by atoms with Crippen LogP contribution >= 0.6 is 11.6 Å². The largest absolute Gasteiger partial charge is 0.356 e. The highest BCUT2D eigenvalue weighted by molar-refractivity contribution is 6.31. The molecule has 134 valence electrons. The van der Waals surface area contributed by atoms with Crippen LogP contribution in [0.3, 0.4) is 0 Å². The first kappa shape index (κ1) is 17.2. The SMILES string of the molecule is CCCC(=O)N1CC(c2ccccc2Cl)c2c([nH]c3ccccc23)C1C. The second kappa shape index (κ2) is 6.81. The second-order valence-electron chi connectivity index (χ2n) is 7.04. The average Bonchev–Trinajstić information content (AvgIpc) is 3.03. The lowest BCUT2D eigenvalue weighted by atomic mass is 9.83. The Morgan fingerprint density at radius 2 is 1.92 bits per heavy atom. The number of benzene rings is 2. The average molecular weight is 367 g/mol. The van der Waals surface area contributed by atoms with Crippen LogP contribution in [0.15, 0.2) is 48.5 Å². The number of H-pyrrole nitrogens is 1. The lowest BCUT2D eigenvalue weighted by Crippen LogP contribution is -2.41. The maximum absolute atomic E-state index is 12.8. The number of nitrogens with zero attached hydrogens (tertiary/aromatic N) is 1. The lowest BCUT2D eigenvalue weighted by Gasteiger charge is -2.38. The first-order valence-corrected chi connectivity index (χ1v) is 9.64. The van der Waals surface area contributed by atoms with Gasteiger partial charge in [-0.2, -0.15) is 0 Å². The third-order valence-corrected chi connectivity index (χ3v) is 5.80. The van der Waals surface area contributed by atoms with Gasteiger partial charge in [-0.3, -0.25) is 4.79 Å². The van der Waals surface area contributed by atoms with Crippen molar-refractivity contribution in [3.63, 3.8) is 0 Å². The van der Waals surface area contributed by atoms with Crippen LogP contribution in [0.5, 0.6) is 0 Å². The summed E-state index contributed by atoms with van der Waals surface area (Å²) in [7, 11) is 0. The zero-order valence-electron chi connectivity index (χ0n) is 15.1. The van der Waals surface area contributed by atoms with E-state index < -0.39 is 0 Å². The van der Waals surface area contributed by atoms with E-state index in [0.29, 0.717) is 13.0 Å². The van der Waals surface area contributed by atoms with Crippen molar-refractivity contribution >= 4 is 28.4 Å². The molecule has 0 aliphatic carbocycles. The molecule has 1 aromatic heterocycles. The van der Waals surface area contributed by atoms with Crippen LogP contribution in [-0.4, -0.2) is 22.3 Å². The third kappa shape index (κ3) is 2.71. The highest BCUT2D eigenvalue weighted by Crippen LogP contribution is 2.44. The fourth-order valence-corrected chi connectivity index (χ4v) is 4.45. The van der Waals surface area contributed by atoms with E-state index in [2.05, 4.69) is 36.2 Å². The summed E-state index contributed by atoms with van der Waals surface area (Å²) in [4.78, 5) is 18.4. The number of rotatable bonds is 3. The second-order valence-corrected chi connectivity index (χ2v) is 7.45. The molecule has 3 aromatic rings. The van der Waals surface area contributed by atoms with E-state index in [1.165, 1.54) is 10.9 Å². The van der Waals surface area contributed by atoms with Gasteiger partial charge in [0.25, 0.3) is 0 Å². The number of carbonyl (C=O) groups is 1. The number of carbonyl (C=O) groups excluding carboxylic acids is 1. The van der Waals surface area contributed by atoms with Gasteiger partial charge < -0.3 is 9.88 Å². The summed E-state index contributed by atoms with van der Waals surface area (Å²) in [5.74, 6) is 0.285. The van der Waals surface area contributed by atoms with E-state index in [0.717, 1.165) is 28.2 Å². The molecule has 0 saturated heterocycles. The van der Waals surface area contributed by atoms with Crippen molar-refractivity contribution in [2.24, 2.45) is 0 Å². The van der Waals surface area contributed by atoms with Crippen molar-refractivity contribution in [2.45, 2.75) is 38.6 Å². The molecule has 3 nitrogen and oxygen atoms in total. The number of fused-ring (bicyclic) bond motifs is 3. The predicted octanol–water partition coefficient (Wildman–Crippen LogP) is 5.66. The molecule has 2 aromatic carbocycles. The molecular formula is C22H23ClN2O. The molecule has 1 aliphatic rings. The van der Waals surface area contributed by atoms with Gasteiger partial charge in [0.2, 0.25) is 5.91 Å². The summed E-state index contributed by atoms with van der Waals surface area (Å²) >= 11 is 6.55. The topological polar surface area (TPSA) is 36.1 Å². The summed E-state index contributed by atoms with van der Waals surface area (Å²) in [5.41, 5.74) is 4.61. The Kier molecular flexibility index (Phi) is 4.49. The Hall–Kier alpha value is -2.26. The van der Waals surface area contributed by atoms with Crippen molar-refractivity contribution in [1.29, 1.82) is 0 Å². The number of aromatic amines is 1. The molecule has 2 heterocycles. The molecule has 0 radical (unpaired) electrons. The van der Waals surface area contributed by atoms with Crippen LogP contribution in [0.1, 0.15) is 55.5 Å². The molecule has 2 atom stereocenters. The third-order valence-electron chi connectivity index (χ3n) is 5.45. The zero-order chi connectivity index (χ0) is 18.3. The molecule has 0 fully saturated rings. The Morgan fingerprint density at radius 1 is 1.19 bits per heavy atom. The van der Waals surface area contributed by atoms with Crippen LogP contribution < -0.4 is 0 Å². The number of hydrogen-bond acceptors (Lipinski definition) is 1. The molecule has 4 heteroatoms. The number of nitrogens with one attached hydrogen (secondary N) is 1. The van der Waals surface area contributed by atoms with Crippen LogP contribution in [-0.2, 0) is 4.79 Å². The quantitative estimate of drug-likeness (QED) is 0.638. The number of amides is 1. The van der Waals surface area contributed by atoms with Gasteiger partial charge in [-0.15, -0.1) is 0 Å². The first-order chi connectivity index (χ1) is 12.6. The molecule has 1 N–H and O–H groups in total. The van der Waals surface area contributed by atoms with E-state index in [9.17, 15) is 4.79 Å². The van der Waals surface area contributed by atoms with E-state index in [-0.39, 0.29) is 17.9 Å². The summed E-state index contributed by atoms with van der Waals surface area (Å²) < 4.78 is 0. The lowest BCUT2D eigenvalue weighted by molar-refractivity contribution is -0.134. The fraction of sp³-hybridized carbons (Fsp3) is 0.318. The molecule has 26 heavy (non-hydrogen) atoms. The Bertz CT molecular complexity index is 962. The normalized spacial score (nSPS) is 19.6. The van der Waals surface area contributed by atoms with Gasteiger partial charge in [0.1, 0.15) is 0 Å². The first-order valence-electron chi connectivity index (χ1n) is 9.26. The Balaban J connectivity index is 1.92. The van der Waals surface area contributed by atoms with E-state index in [4.69, 9.17) is 11.6 Å². The van der Waals surface area contributed by atoms with Crippen molar-refractivity contribution in [1.82, 2.24) is 9.88 Å². The van der Waals surface area contributed by atoms with E-state index in [1.807, 2.05) is 36.1 Å². The van der Waals surface area contributed by atoms with Crippen LogP contribution in [0.25, 0.3) is 10.9 Å². The van der Waals surface area contributed by atoms with E-state index in [1.54, 1.807) is 0 Å². The standard InChI is InChI=1S/C22H23ClN2O/c1-3-8-20(26)25-13-17(15-9-4-6-11-18(15)23)21-16-10-5-7-12-19(16)24-22(21)14(25)2/h4-7,9-12,14,17,24H,3,8,13H2,1-2H3. The van der Waals surface area contributed by atoms with Crippen LogP contribution in [0, 0.1) is 0 Å². The van der Waals surface area contributed by atoms with Gasteiger partial charge in [0, 0.05) is 40.5 Å². The van der Waals surface area contributed by atoms with Gasteiger partial charge in [-0.05, 0) is 36.6 Å². The van der Waals surface area contributed by atoms with Gasteiger partial charge in [-0.25, -0.2) is 0 Å². The van der Waals surface area contributed by atoms with Crippen LogP contribution in [0.2, 0.25) is 5.02 Å². The number of halogens is 1. The predicted molar refractivity (Wildman–Crippen MR) is 107 cm³/mol. The maximum atomic E-state index is 12.8. The summed E-state index contributed by atoms with van der Waals surface area (Å²) in [6.07, 6.45) is 1.44. The van der Waals surface area contributed by atoms with Crippen LogP contribution in [0.4, 0.5) is 0 Å². The summed E-state index contributed by atoms with van der Waals surface area (Å²) in [6.45, 7) is 4.83. The monoisotopic (exact) mass is 366 g/mol. The minimum absolute atomic E-state index is 0.0372. The minimum atomic E-state index is 0.0372. The number of aromatic nitrogens is 1. The highest BCUT2D eigenvalue weighted by atomic mass is 35.5. The minimum Gasteiger partial charge on any atom is -0.356 e. The molecule has 4 rings (SSSR count). The van der Waals surface area contributed by atoms with Crippen molar-refractivity contribution in [3.8, 4) is 0 Å². The van der Waals surface area contributed by atoms with Gasteiger partial charge in [0.05, 0.1) is 6.04 Å². The smallest absolute Gasteiger partial charge is 0.223 e. The molecule has 2 unspecified atom stereocenters. The van der Waals surface area contributed by atoms with Gasteiger partial charge in [-0.1, -0.05) is 54.9 Å². The fourth-order valence-electron chi connectivity index (χ4n) is 4.18. The molecule has 0 saturated carbocycles. The van der Waals surface area contributed by atoms with E-state index >= 15 is 0 Å².